The van der Waals surface area contributed by atoms with Gasteiger partial charge in [-0.1, -0.05) is 103 Å². The third kappa shape index (κ3) is 25.3. The van der Waals surface area contributed by atoms with E-state index in [4.69, 9.17) is 0 Å². The summed E-state index contributed by atoms with van der Waals surface area (Å²) in [5.41, 5.74) is 3.79. The summed E-state index contributed by atoms with van der Waals surface area (Å²) in [6.45, 7) is 31.2. The Morgan fingerprint density at radius 2 is 0.700 bits per heavy atom. The van der Waals surface area contributed by atoms with Crippen LogP contribution in [0.15, 0.2) is 72.9 Å². The maximum absolute atomic E-state index is 3.90. The van der Waals surface area contributed by atoms with E-state index in [0.29, 0.717) is 0 Å². The predicted octanol–water partition coefficient (Wildman–Crippen LogP) is 7.44. The van der Waals surface area contributed by atoms with E-state index in [1.165, 1.54) is 0 Å². The van der Waals surface area contributed by atoms with Crippen molar-refractivity contribution in [2.24, 2.45) is 0 Å². The van der Waals surface area contributed by atoms with Crippen LogP contribution in [-0.2, 0) is 0 Å². The maximum atomic E-state index is 3.90. The Kier molecular flexibility index (Phi) is 30.4. The lowest BCUT2D eigenvalue weighted by Crippen LogP contribution is -1.78. The van der Waals surface area contributed by atoms with Gasteiger partial charge in [0.1, 0.15) is 0 Å². The summed E-state index contributed by atoms with van der Waals surface area (Å²) in [5.74, 6) is 0. The van der Waals surface area contributed by atoms with Crippen LogP contribution in [0.25, 0.3) is 0 Å². The molecule has 20 heavy (non-hydrogen) atoms. The van der Waals surface area contributed by atoms with E-state index >= 15 is 0 Å². The van der Waals surface area contributed by atoms with Crippen molar-refractivity contribution in [2.45, 2.75) is 55.4 Å². The largest absolute Gasteiger partial charge is 0.0961 e. The van der Waals surface area contributed by atoms with Crippen LogP contribution in [0.1, 0.15) is 55.4 Å². The molecule has 0 heterocycles. The van der Waals surface area contributed by atoms with Gasteiger partial charge in [-0.3, -0.25) is 0 Å². The van der Waals surface area contributed by atoms with Crippen LogP contribution in [-0.4, -0.2) is 0 Å². The van der Waals surface area contributed by atoms with Crippen LogP contribution in [0.3, 0.4) is 0 Å². The zero-order valence-electron chi connectivity index (χ0n) is 15.1. The zero-order chi connectivity index (χ0) is 17.1. The third-order valence-corrected chi connectivity index (χ3v) is 1.55. The Balaban J connectivity index is -0.000000187. The van der Waals surface area contributed by atoms with Crippen LogP contribution in [0.4, 0.5) is 0 Å². The molecule has 0 aliphatic rings. The van der Waals surface area contributed by atoms with Gasteiger partial charge in [-0.15, -0.1) is 0 Å². The first-order valence-electron chi connectivity index (χ1n) is 7.49. The molecule has 0 atom stereocenters. The first kappa shape index (κ1) is 26.9. The molecule has 0 spiro atoms. The Hall–Kier alpha value is -1.56. The van der Waals surface area contributed by atoms with Crippen molar-refractivity contribution in [2.75, 3.05) is 0 Å². The van der Waals surface area contributed by atoms with Gasteiger partial charge in [-0.2, -0.15) is 0 Å². The molecule has 0 bridgehead atoms. The number of allylic oxidation sites excluding steroid dienone is 8. The monoisotopic (exact) mass is 276 g/mol. The molecule has 0 saturated heterocycles. The number of hydrogen-bond acceptors (Lipinski definition) is 0. The maximum Gasteiger partial charge on any atom is -0.0262 e. The second kappa shape index (κ2) is 22.6. The molecule has 0 N–H and O–H groups in total. The quantitative estimate of drug-likeness (QED) is 0.458. The smallest absolute Gasteiger partial charge is 0.0262 e. The second-order valence-electron chi connectivity index (χ2n) is 3.41. The fraction of sp³-hybridized carbons (Fsp3) is 0.400. The fourth-order valence-electron chi connectivity index (χ4n) is 0.700. The van der Waals surface area contributed by atoms with Crippen molar-refractivity contribution in [3.63, 3.8) is 0 Å². The minimum atomic E-state index is 0.894. The lowest BCUT2D eigenvalue weighted by Gasteiger charge is -1.98. The fourth-order valence-corrected chi connectivity index (χ4v) is 0.700. The normalized spacial score (nSPS) is 8.40. The molecule has 0 rings (SSSR count). The predicted molar refractivity (Wildman–Crippen MR) is 100 cm³/mol. The van der Waals surface area contributed by atoms with E-state index in [1.807, 2.05) is 79.7 Å². The molecular formula is C20H36. The van der Waals surface area contributed by atoms with E-state index in [1.54, 1.807) is 0 Å². The highest BCUT2D eigenvalue weighted by molar-refractivity contribution is 5.45. The Morgan fingerprint density at radius 1 is 0.500 bits per heavy atom. The summed E-state index contributed by atoms with van der Waals surface area (Å²) in [7, 11) is 0. The van der Waals surface area contributed by atoms with Gasteiger partial charge in [0, 0.05) is 0 Å². The molecule has 0 aromatic heterocycles. The van der Waals surface area contributed by atoms with Gasteiger partial charge in [0.25, 0.3) is 0 Å². The summed E-state index contributed by atoms with van der Waals surface area (Å²) < 4.78 is 0. The van der Waals surface area contributed by atoms with Crippen LogP contribution >= 0.6 is 0 Å². The van der Waals surface area contributed by atoms with Crippen molar-refractivity contribution in [1.29, 1.82) is 0 Å². The molecule has 0 heteroatoms. The van der Waals surface area contributed by atoms with E-state index in [-0.39, 0.29) is 0 Å². The summed E-state index contributed by atoms with van der Waals surface area (Å²) in [5, 5.41) is 0. The van der Waals surface area contributed by atoms with Crippen LogP contribution in [0, 0.1) is 0 Å². The highest BCUT2D eigenvalue weighted by atomic mass is 14.0. The Labute approximate surface area is 129 Å². The number of rotatable bonds is 5. The molecule has 0 saturated carbocycles. The van der Waals surface area contributed by atoms with Crippen molar-refractivity contribution >= 4 is 0 Å². The van der Waals surface area contributed by atoms with Crippen LogP contribution in [0.2, 0.25) is 0 Å². The molecule has 0 fully saturated rings. The molecule has 0 aromatic carbocycles. The molecule has 0 aromatic rings. The van der Waals surface area contributed by atoms with Gasteiger partial charge >= 0.3 is 0 Å². The van der Waals surface area contributed by atoms with Gasteiger partial charge in [0.2, 0.25) is 0 Å². The highest BCUT2D eigenvalue weighted by Gasteiger charge is 1.90. The van der Waals surface area contributed by atoms with E-state index < -0.39 is 0 Å². The van der Waals surface area contributed by atoms with Crippen molar-refractivity contribution in [3.05, 3.63) is 72.9 Å². The Bertz CT molecular complexity index is 288. The number of hydrogen-bond donors (Lipinski definition) is 0. The lowest BCUT2D eigenvalue weighted by atomic mass is 10.1. The van der Waals surface area contributed by atoms with Gasteiger partial charge < -0.3 is 0 Å². The molecule has 0 aliphatic heterocycles. The second-order valence-corrected chi connectivity index (χ2v) is 3.41. The molecule has 0 amide bonds. The molecule has 116 valence electrons. The van der Waals surface area contributed by atoms with Gasteiger partial charge in [0.15, 0.2) is 0 Å². The molecule has 0 unspecified atom stereocenters. The highest BCUT2D eigenvalue weighted by Crippen LogP contribution is 2.10. The summed E-state index contributed by atoms with van der Waals surface area (Å²) in [4.78, 5) is 0. The van der Waals surface area contributed by atoms with Crippen molar-refractivity contribution < 1.29 is 0 Å². The minimum Gasteiger partial charge on any atom is -0.0961 e. The van der Waals surface area contributed by atoms with Crippen LogP contribution < -0.4 is 0 Å². The molecule has 0 radical (unpaired) electrons. The Morgan fingerprint density at radius 3 is 0.850 bits per heavy atom. The molecule has 0 nitrogen and oxygen atoms in total. The van der Waals surface area contributed by atoms with Crippen molar-refractivity contribution in [1.82, 2.24) is 0 Å². The molecular weight excluding hydrogens is 240 g/mol. The average Bonchev–Trinajstić information content (AvgIpc) is 2.48. The van der Waals surface area contributed by atoms with Gasteiger partial charge in [-0.05, 0) is 25.0 Å². The lowest BCUT2D eigenvalue weighted by molar-refractivity contribution is 1.50. The van der Waals surface area contributed by atoms with Gasteiger partial charge in [0.05, 0.1) is 0 Å². The van der Waals surface area contributed by atoms with Crippen molar-refractivity contribution in [3.8, 4) is 0 Å². The standard InChI is InChI=1S/C14H18.3C2H6/c1-11(2)7-9-13(5)14(6)10-8-12(3)4;3*1-2/h7-10H,1,3,5-6H2,2,4H3;3*1-2H3/b9-7-,10-8-;;;. The minimum absolute atomic E-state index is 0.894. The average molecular weight is 277 g/mol. The zero-order valence-corrected chi connectivity index (χ0v) is 15.1. The first-order chi connectivity index (χ1) is 9.43. The van der Waals surface area contributed by atoms with Gasteiger partial charge in [-0.25, -0.2) is 0 Å². The van der Waals surface area contributed by atoms with E-state index in [9.17, 15) is 0 Å². The van der Waals surface area contributed by atoms with E-state index in [0.717, 1.165) is 22.3 Å². The van der Waals surface area contributed by atoms with E-state index in [2.05, 4.69) is 26.3 Å². The third-order valence-electron chi connectivity index (χ3n) is 1.55. The summed E-state index contributed by atoms with van der Waals surface area (Å²) in [6.07, 6.45) is 7.66. The summed E-state index contributed by atoms with van der Waals surface area (Å²) in [6, 6.07) is 0. The SMILES string of the molecule is C=C(C)/C=C\C(=C)C(=C)/C=C\C(=C)C.CC.CC.CC. The first-order valence-corrected chi connectivity index (χ1v) is 7.49. The summed E-state index contributed by atoms with van der Waals surface area (Å²) >= 11 is 0. The topological polar surface area (TPSA) is 0 Å². The van der Waals surface area contributed by atoms with Crippen LogP contribution in [0.5, 0.6) is 0 Å². The molecule has 0 aliphatic carbocycles.